The third-order valence-electron chi connectivity index (χ3n) is 24.5. The van der Waals surface area contributed by atoms with Crippen molar-refractivity contribution in [1.29, 1.82) is 0 Å². The molecule has 4 N–H and O–H groups in total. The summed E-state index contributed by atoms with van der Waals surface area (Å²) in [6.07, 6.45) is 8.34. The third-order valence-corrected chi connectivity index (χ3v) is 24.5. The van der Waals surface area contributed by atoms with Gasteiger partial charge in [-0.1, -0.05) is 79.5 Å². The maximum absolute atomic E-state index is 17.2. The summed E-state index contributed by atoms with van der Waals surface area (Å²) in [7, 11) is 1.60. The Kier molecular flexibility index (Phi) is 23.6. The number of rotatable bonds is 12. The van der Waals surface area contributed by atoms with Gasteiger partial charge in [0.15, 0.2) is 40.7 Å². The van der Waals surface area contributed by atoms with Crippen LogP contribution in [0, 0.1) is 73.1 Å². The van der Waals surface area contributed by atoms with E-state index in [1.807, 2.05) is 41.5 Å². The number of phenols is 3. The lowest BCUT2D eigenvalue weighted by Gasteiger charge is -2.41. The molecule has 3 saturated heterocycles. The van der Waals surface area contributed by atoms with Gasteiger partial charge in [0.05, 0.1) is 113 Å². The molecule has 0 spiro atoms. The van der Waals surface area contributed by atoms with E-state index in [1.54, 1.807) is 98.9 Å². The van der Waals surface area contributed by atoms with Crippen LogP contribution in [0.5, 0.6) is 23.0 Å². The number of likely N-dealkylation sites (N-methyl/N-ethyl adjacent to an activating group) is 1. The zero-order chi connectivity index (χ0) is 93.1. The fraction of sp³-hybridized carbons (Fsp3) is 0.298. The summed E-state index contributed by atoms with van der Waals surface area (Å²) >= 11 is 0. The number of pyridine rings is 3. The van der Waals surface area contributed by atoms with Gasteiger partial charge in [0.1, 0.15) is 75.3 Å². The molecular formula is C94H88F9N17O10. The lowest BCUT2D eigenvalue weighted by molar-refractivity contribution is -0.127. The number of halogens is 9. The average Bonchev–Trinajstić information content (AvgIpc) is 1.49. The number of aromatic nitrogens is 9. The number of carbonyl (C=O) groups is 3. The minimum Gasteiger partial charge on any atom is -0.507 e. The van der Waals surface area contributed by atoms with Crippen molar-refractivity contribution in [2.45, 2.75) is 98.2 Å². The smallest absolute Gasteiger partial charge is 0.354 e. The Labute approximate surface area is 737 Å². The molecule has 130 heavy (non-hydrogen) atoms. The predicted octanol–water partition coefficient (Wildman–Crippen LogP) is 13.9. The summed E-state index contributed by atoms with van der Waals surface area (Å²) < 4.78 is 156. The average molecular weight is 1790 g/mol. The number of hydrogen-bond acceptors (Lipinski definition) is 21. The number of aryl methyl sites for hydroxylation is 3. The molecule has 0 radical (unpaired) electrons. The van der Waals surface area contributed by atoms with Gasteiger partial charge in [-0.3, -0.25) is 43.0 Å². The van der Waals surface area contributed by atoms with Crippen LogP contribution in [-0.4, -0.2) is 195 Å². The molecule has 12 heterocycles. The number of amides is 3. The summed E-state index contributed by atoms with van der Waals surface area (Å²) in [4.78, 5) is 117. The highest BCUT2D eigenvalue weighted by molar-refractivity contribution is 6.08. The number of anilines is 5. The van der Waals surface area contributed by atoms with E-state index >= 15 is 39.5 Å². The first-order valence-electron chi connectivity index (χ1n) is 41.9. The lowest BCUT2D eigenvalue weighted by Crippen LogP contribution is -2.57. The number of phenolic OH excluding ortho intramolecular Hbond substituents is 3. The number of hydrogen-bond donors (Lipinski definition) is 4. The summed E-state index contributed by atoms with van der Waals surface area (Å²) in [5, 5.41) is 34.7. The summed E-state index contributed by atoms with van der Waals surface area (Å²) in [6.45, 7) is 29.2. The topological polar surface area (TPSA) is 299 Å². The third kappa shape index (κ3) is 14.7. The molecule has 27 nitrogen and oxygen atoms in total. The van der Waals surface area contributed by atoms with Gasteiger partial charge in [-0.25, -0.2) is 53.9 Å². The summed E-state index contributed by atoms with van der Waals surface area (Å²) in [5.41, 5.74) is -4.47. The highest BCUT2D eigenvalue weighted by Crippen LogP contribution is 2.52. The summed E-state index contributed by atoms with van der Waals surface area (Å²) in [6, 6.07) is 13.5. The molecule has 6 aliphatic rings. The Morgan fingerprint density at radius 1 is 0.431 bits per heavy atom. The maximum Gasteiger partial charge on any atom is 0.354 e. The van der Waals surface area contributed by atoms with Crippen molar-refractivity contribution in [3.63, 3.8) is 0 Å². The Balaban J connectivity index is 0.000000143. The van der Waals surface area contributed by atoms with Crippen LogP contribution in [0.3, 0.4) is 0 Å². The molecule has 3 atom stereocenters. The van der Waals surface area contributed by atoms with Crippen LogP contribution in [0.2, 0.25) is 0 Å². The first kappa shape index (κ1) is 88.8. The summed E-state index contributed by atoms with van der Waals surface area (Å²) in [5.74, 6) is -14.3. The minimum absolute atomic E-state index is 0.0156. The standard InChI is InChI=1S/C32H31F3N6O3.C31H29F3N6O3.C31H28F3N5O4/c1-6-21(43)39-12-13-40-18(15-39)14-38(5)29-24-30(26(35)23(25(29)34)22-19(33)8-7-9-20(22)42)41(32(44)37-31(24)40)28-17(4)10-11-36-27(28)16(2)3;1-5-20(42)38-11-12-39-17(14-38)13-36-27-23-29(25(34)22(24(27)33)21-18(32)7-6-8-19(21)41)40(31(43)37-30(23)39)28-16(4)9-10-35-26(28)15(2)3;1-5-20(41)37-11-12-38-17(13-37)14-43-29-23-28(24(33)22(25(29)34)21-18(32)7-6-8-19(21)40)39(31(42)36-30(23)38)27-16(4)9-10-35-26(27)15(2)3/h6-11,16,18,42H,1,12-15H2,2-5H3;5-10,15,17,36,41H,1,11-14H2,2-4H3;5-10,15,17,40H,1,11-14H2,2-4H3. The number of piperazine rings is 3. The Bertz CT molecular complexity index is 6670. The molecule has 6 aromatic carbocycles. The van der Waals surface area contributed by atoms with E-state index in [-0.39, 0.29) is 187 Å². The quantitative estimate of drug-likeness (QED) is 0.0652. The van der Waals surface area contributed by atoms with E-state index in [0.717, 1.165) is 50.1 Å². The van der Waals surface area contributed by atoms with Gasteiger partial charge >= 0.3 is 17.1 Å². The van der Waals surface area contributed by atoms with Gasteiger partial charge in [0.25, 0.3) is 0 Å². The van der Waals surface area contributed by atoms with Crippen molar-refractivity contribution in [1.82, 2.24) is 58.3 Å². The number of ether oxygens (including phenoxy) is 1. The second-order valence-corrected chi connectivity index (χ2v) is 33.4. The molecular weight excluding hydrogens is 1700 g/mol. The van der Waals surface area contributed by atoms with Crippen LogP contribution in [0.4, 0.5) is 68.3 Å². The van der Waals surface area contributed by atoms with E-state index in [1.165, 1.54) is 36.4 Å². The number of benzene rings is 6. The van der Waals surface area contributed by atoms with Gasteiger partial charge in [0.2, 0.25) is 17.7 Å². The van der Waals surface area contributed by atoms with Crippen LogP contribution >= 0.6 is 0 Å². The zero-order valence-electron chi connectivity index (χ0n) is 72.2. The number of fused-ring (bicyclic) bond motifs is 6. The molecule has 3 unspecified atom stereocenters. The van der Waals surface area contributed by atoms with E-state index in [2.05, 4.69) is 55.0 Å². The molecule has 3 amide bonds. The first-order chi connectivity index (χ1) is 62.0. The maximum atomic E-state index is 17.2. The minimum atomic E-state index is -1.28. The monoisotopic (exact) mass is 1790 g/mol. The van der Waals surface area contributed by atoms with E-state index in [9.17, 15) is 44.1 Å². The molecule has 6 aliphatic heterocycles. The van der Waals surface area contributed by atoms with Crippen LogP contribution < -0.4 is 46.7 Å². The molecule has 672 valence electrons. The van der Waals surface area contributed by atoms with Crippen LogP contribution in [0.25, 0.3) is 83.2 Å². The molecule has 36 heteroatoms. The fourth-order valence-corrected chi connectivity index (χ4v) is 18.5. The largest absolute Gasteiger partial charge is 0.507 e. The van der Waals surface area contributed by atoms with Gasteiger partial charge in [-0.15, -0.1) is 0 Å². The molecule has 0 saturated carbocycles. The van der Waals surface area contributed by atoms with Gasteiger partial charge in [0, 0.05) is 97.6 Å². The first-order valence-corrected chi connectivity index (χ1v) is 41.9. The van der Waals surface area contributed by atoms with E-state index in [0.29, 0.717) is 33.8 Å². The Morgan fingerprint density at radius 3 is 1.18 bits per heavy atom. The van der Waals surface area contributed by atoms with Gasteiger partial charge in [-0.2, -0.15) is 15.0 Å². The van der Waals surface area contributed by atoms with Crippen LogP contribution in [0.15, 0.2) is 144 Å². The van der Waals surface area contributed by atoms with Crippen molar-refractivity contribution in [3.05, 3.63) is 247 Å². The second kappa shape index (κ2) is 34.5. The zero-order valence-corrected chi connectivity index (χ0v) is 72.2. The van der Waals surface area contributed by atoms with Crippen molar-refractivity contribution in [2.75, 3.05) is 111 Å². The molecule has 6 aromatic heterocycles. The van der Waals surface area contributed by atoms with Crippen molar-refractivity contribution < 1.29 is 74.0 Å². The van der Waals surface area contributed by atoms with Crippen LogP contribution in [0.1, 0.15) is 93.1 Å². The number of nitrogens with zero attached hydrogens (tertiary/aromatic N) is 16. The van der Waals surface area contributed by atoms with Crippen LogP contribution in [-0.2, 0) is 14.4 Å². The van der Waals surface area contributed by atoms with Crippen molar-refractivity contribution in [3.8, 4) is 73.4 Å². The normalized spacial score (nSPS) is 16.3. The van der Waals surface area contributed by atoms with Gasteiger partial charge in [-0.05, 0) is 128 Å². The highest BCUT2D eigenvalue weighted by atomic mass is 19.2. The number of carbonyl (C=O) groups excluding carboxylic acids is 3. The Morgan fingerprint density at radius 2 is 0.777 bits per heavy atom. The fourth-order valence-electron chi connectivity index (χ4n) is 18.5. The molecule has 18 rings (SSSR count). The number of nitrogens with one attached hydrogen (secondary N) is 1. The SMILES string of the molecule is C=CC(=O)N1CCN2c3nc(=O)n(-c4c(C)ccnc4C(C)C)c4c(F)c(-c5c(O)cccc5F)c(F)c(c34)N(C)CC2C1.C=CC(=O)N1CCN2c3nc(=O)n(-c4c(C)ccnc4C(C)C)c4c(F)c(-c5c(O)cccc5F)c(F)c(c34)NCC2C1.C=CC(=O)N1CCN2c3nc(=O)n(-c4c(C)ccnc4C(C)C)c4c(F)c(-c5c(O)cccc5F)c(F)c(c34)OCC2C1. The molecule has 12 aromatic rings. The highest BCUT2D eigenvalue weighted by Gasteiger charge is 2.45. The Hall–Kier alpha value is -14.6. The predicted molar refractivity (Wildman–Crippen MR) is 474 cm³/mol. The molecule has 3 fully saturated rings. The number of aromatic hydroxyl groups is 3. The second-order valence-electron chi connectivity index (χ2n) is 33.4. The van der Waals surface area contributed by atoms with E-state index < -0.39 is 149 Å². The van der Waals surface area contributed by atoms with Gasteiger partial charge < -0.3 is 59.7 Å². The lowest BCUT2D eigenvalue weighted by atomic mass is 9.97. The van der Waals surface area contributed by atoms with E-state index in [4.69, 9.17) is 4.74 Å². The van der Waals surface area contributed by atoms with Crippen molar-refractivity contribution in [2.24, 2.45) is 0 Å². The van der Waals surface area contributed by atoms with Crippen molar-refractivity contribution >= 4 is 79.3 Å². The molecule has 0 bridgehead atoms. The molecule has 0 aliphatic carbocycles.